The number of esters is 1. The first-order valence-corrected chi connectivity index (χ1v) is 3.92. The molecule has 0 saturated carbocycles. The lowest BCUT2D eigenvalue weighted by molar-refractivity contribution is 0.0513. The second-order valence-corrected chi connectivity index (χ2v) is 2.30. The molecule has 0 aliphatic carbocycles. The molecule has 0 radical (unpaired) electrons. The molecule has 0 bridgehead atoms. The Kier molecular flexibility index (Phi) is 3.09. The zero-order valence-corrected chi connectivity index (χ0v) is 7.36. The highest BCUT2D eigenvalue weighted by Gasteiger charge is 2.11. The summed E-state index contributed by atoms with van der Waals surface area (Å²) in [6.45, 7) is 2.38. The number of hydrogen-bond donors (Lipinski definition) is 0. The van der Waals surface area contributed by atoms with Gasteiger partial charge in [0.15, 0.2) is 0 Å². The molecule has 0 fully saturated rings. The number of carbonyl (C=O) groups is 1. The van der Waals surface area contributed by atoms with Crippen molar-refractivity contribution in [3.63, 3.8) is 0 Å². The van der Waals surface area contributed by atoms with E-state index >= 15 is 0 Å². The van der Waals surface area contributed by atoms with Gasteiger partial charge in [0.2, 0.25) is 0 Å². The van der Waals surface area contributed by atoms with E-state index in [2.05, 4.69) is 11.0 Å². The predicted octanol–water partition coefficient (Wildman–Crippen LogP) is 0.693. The molecule has 68 valence electrons. The number of aromatic nitrogens is 2. The third-order valence-electron chi connectivity index (χ3n) is 1.44. The molecule has 1 heterocycles. The highest BCUT2D eigenvalue weighted by molar-refractivity contribution is 5.87. The molecule has 1 aromatic rings. The fourth-order valence-electron chi connectivity index (χ4n) is 0.924. The van der Waals surface area contributed by atoms with Gasteiger partial charge < -0.3 is 4.74 Å². The molecular formula is C9H10N2O2. The van der Waals surface area contributed by atoms with Gasteiger partial charge in [0.1, 0.15) is 12.2 Å². The number of carbonyl (C=O) groups excluding carboxylic acids is 1. The average Bonchev–Trinajstić information content (AvgIpc) is 2.54. The van der Waals surface area contributed by atoms with Gasteiger partial charge in [-0.25, -0.2) is 9.48 Å². The van der Waals surface area contributed by atoms with Crippen molar-refractivity contribution in [3.8, 4) is 12.3 Å². The molecule has 0 saturated heterocycles. The molecule has 0 spiro atoms. The fourth-order valence-corrected chi connectivity index (χ4v) is 0.924. The quantitative estimate of drug-likeness (QED) is 0.505. The number of hydrogen-bond acceptors (Lipinski definition) is 3. The Morgan fingerprint density at radius 2 is 2.62 bits per heavy atom. The van der Waals surface area contributed by atoms with Crippen molar-refractivity contribution < 1.29 is 9.53 Å². The van der Waals surface area contributed by atoms with Crippen molar-refractivity contribution in [2.45, 2.75) is 13.5 Å². The minimum absolute atomic E-state index is 0.279. The van der Waals surface area contributed by atoms with Gasteiger partial charge in [-0.15, -0.1) is 6.42 Å². The van der Waals surface area contributed by atoms with Gasteiger partial charge in [-0.3, -0.25) is 0 Å². The lowest BCUT2D eigenvalue weighted by Crippen LogP contribution is -2.12. The van der Waals surface area contributed by atoms with Crippen LogP contribution in [0.1, 0.15) is 17.4 Å². The van der Waals surface area contributed by atoms with Crippen molar-refractivity contribution in [1.82, 2.24) is 9.78 Å². The normalized spacial score (nSPS) is 9.23. The summed E-state index contributed by atoms with van der Waals surface area (Å²) in [5.74, 6) is 2.01. The first-order chi connectivity index (χ1) is 6.29. The Bertz CT molecular complexity index is 336. The lowest BCUT2D eigenvalue weighted by Gasteiger charge is -2.02. The van der Waals surface area contributed by atoms with Crippen LogP contribution in [0, 0.1) is 12.3 Å². The van der Waals surface area contributed by atoms with Crippen molar-refractivity contribution in [2.24, 2.45) is 0 Å². The molecule has 0 atom stereocenters. The Morgan fingerprint density at radius 3 is 3.23 bits per heavy atom. The van der Waals surface area contributed by atoms with Gasteiger partial charge in [-0.1, -0.05) is 5.92 Å². The van der Waals surface area contributed by atoms with E-state index in [1.165, 1.54) is 10.9 Å². The SMILES string of the molecule is C#CCn1nccc1C(=O)OCC. The monoisotopic (exact) mass is 178 g/mol. The number of nitrogens with zero attached hydrogens (tertiary/aromatic N) is 2. The summed E-state index contributed by atoms with van der Waals surface area (Å²) in [7, 11) is 0. The van der Waals surface area contributed by atoms with E-state index in [0.29, 0.717) is 12.3 Å². The van der Waals surface area contributed by atoms with Crippen molar-refractivity contribution >= 4 is 5.97 Å². The Labute approximate surface area is 76.5 Å². The summed E-state index contributed by atoms with van der Waals surface area (Å²) in [6, 6.07) is 1.58. The molecule has 4 nitrogen and oxygen atoms in total. The van der Waals surface area contributed by atoms with Gasteiger partial charge in [0.25, 0.3) is 0 Å². The zero-order chi connectivity index (χ0) is 9.68. The van der Waals surface area contributed by atoms with Crippen LogP contribution >= 0.6 is 0 Å². The van der Waals surface area contributed by atoms with Gasteiger partial charge in [-0.2, -0.15) is 5.10 Å². The van der Waals surface area contributed by atoms with Crippen LogP contribution in [-0.2, 0) is 11.3 Å². The van der Waals surface area contributed by atoms with Gasteiger partial charge in [0, 0.05) is 6.20 Å². The lowest BCUT2D eigenvalue weighted by atomic mass is 10.4. The summed E-state index contributed by atoms with van der Waals surface area (Å²) in [4.78, 5) is 11.2. The Morgan fingerprint density at radius 1 is 1.85 bits per heavy atom. The summed E-state index contributed by atoms with van der Waals surface area (Å²) >= 11 is 0. The van der Waals surface area contributed by atoms with Gasteiger partial charge in [0.05, 0.1) is 6.61 Å². The molecule has 0 aromatic carbocycles. The topological polar surface area (TPSA) is 44.1 Å². The van der Waals surface area contributed by atoms with E-state index in [9.17, 15) is 4.79 Å². The predicted molar refractivity (Wildman–Crippen MR) is 47.0 cm³/mol. The minimum atomic E-state index is -0.393. The van der Waals surface area contributed by atoms with E-state index in [0.717, 1.165) is 0 Å². The van der Waals surface area contributed by atoms with Crippen LogP contribution in [-0.4, -0.2) is 22.4 Å². The van der Waals surface area contributed by atoms with Crippen molar-refractivity contribution in [2.75, 3.05) is 6.61 Å². The summed E-state index contributed by atoms with van der Waals surface area (Å²) in [6.07, 6.45) is 6.62. The summed E-state index contributed by atoms with van der Waals surface area (Å²) in [5, 5.41) is 3.88. The Balaban J connectivity index is 2.82. The van der Waals surface area contributed by atoms with Crippen molar-refractivity contribution in [3.05, 3.63) is 18.0 Å². The Hall–Kier alpha value is -1.76. The number of terminal acetylenes is 1. The number of rotatable bonds is 3. The van der Waals surface area contributed by atoms with Crippen LogP contribution in [0.4, 0.5) is 0 Å². The molecule has 0 aliphatic heterocycles. The van der Waals surface area contributed by atoms with Crippen LogP contribution < -0.4 is 0 Å². The first-order valence-electron chi connectivity index (χ1n) is 3.92. The smallest absolute Gasteiger partial charge is 0.356 e. The second kappa shape index (κ2) is 4.31. The third-order valence-corrected chi connectivity index (χ3v) is 1.44. The standard InChI is InChI=1S/C9H10N2O2/c1-3-7-11-8(5-6-10-11)9(12)13-4-2/h1,5-6H,4,7H2,2H3. The highest BCUT2D eigenvalue weighted by atomic mass is 16.5. The van der Waals surface area contributed by atoms with E-state index in [1.54, 1.807) is 13.0 Å². The molecule has 0 amide bonds. The van der Waals surface area contributed by atoms with E-state index in [-0.39, 0.29) is 6.54 Å². The minimum Gasteiger partial charge on any atom is -0.461 e. The molecule has 0 unspecified atom stereocenters. The maximum Gasteiger partial charge on any atom is 0.356 e. The van der Waals surface area contributed by atoms with Crippen LogP contribution in [0.3, 0.4) is 0 Å². The maximum absolute atomic E-state index is 11.2. The molecule has 13 heavy (non-hydrogen) atoms. The number of ether oxygens (including phenoxy) is 1. The van der Waals surface area contributed by atoms with Crippen molar-refractivity contribution in [1.29, 1.82) is 0 Å². The van der Waals surface area contributed by atoms with Crippen LogP contribution in [0.15, 0.2) is 12.3 Å². The molecule has 1 aromatic heterocycles. The van der Waals surface area contributed by atoms with E-state index in [4.69, 9.17) is 11.2 Å². The largest absolute Gasteiger partial charge is 0.461 e. The second-order valence-electron chi connectivity index (χ2n) is 2.30. The first kappa shape index (κ1) is 9.33. The van der Waals surface area contributed by atoms with E-state index in [1.807, 2.05) is 0 Å². The molecular weight excluding hydrogens is 168 g/mol. The molecule has 0 aliphatic rings. The van der Waals surface area contributed by atoms with Crippen LogP contribution in [0.5, 0.6) is 0 Å². The highest BCUT2D eigenvalue weighted by Crippen LogP contribution is 2.00. The zero-order valence-electron chi connectivity index (χ0n) is 7.36. The summed E-state index contributed by atoms with van der Waals surface area (Å²) < 4.78 is 6.23. The molecule has 0 N–H and O–H groups in total. The van der Waals surface area contributed by atoms with Crippen LogP contribution in [0.2, 0.25) is 0 Å². The summed E-state index contributed by atoms with van der Waals surface area (Å²) in [5.41, 5.74) is 0.389. The van der Waals surface area contributed by atoms with E-state index < -0.39 is 5.97 Å². The van der Waals surface area contributed by atoms with Gasteiger partial charge >= 0.3 is 5.97 Å². The molecule has 1 rings (SSSR count). The molecule has 4 heteroatoms. The maximum atomic E-state index is 11.2. The van der Waals surface area contributed by atoms with Gasteiger partial charge in [-0.05, 0) is 13.0 Å². The third kappa shape index (κ3) is 2.09. The average molecular weight is 178 g/mol. The van der Waals surface area contributed by atoms with Crippen LogP contribution in [0.25, 0.3) is 0 Å². The fraction of sp³-hybridized carbons (Fsp3) is 0.333.